The lowest BCUT2D eigenvalue weighted by molar-refractivity contribution is -0.104. The Morgan fingerprint density at radius 2 is 2.06 bits per heavy atom. The highest BCUT2D eigenvalue weighted by Gasteiger charge is 2.09. The fourth-order valence-electron chi connectivity index (χ4n) is 2.20. The first-order chi connectivity index (χ1) is 8.19. The molecule has 0 saturated carbocycles. The van der Waals surface area contributed by atoms with Crippen LogP contribution < -0.4 is 0 Å². The van der Waals surface area contributed by atoms with Crippen molar-refractivity contribution in [3.05, 3.63) is 41.1 Å². The van der Waals surface area contributed by atoms with E-state index < -0.39 is 0 Å². The van der Waals surface area contributed by atoms with Gasteiger partial charge in [0.15, 0.2) is 0 Å². The first-order valence-corrected chi connectivity index (χ1v) is 5.88. The fourth-order valence-corrected chi connectivity index (χ4v) is 2.20. The molecule has 0 aliphatic carbocycles. The number of aromatic nitrogens is 1. The second-order valence-electron chi connectivity index (χ2n) is 4.28. The Bertz CT molecular complexity index is 551. The predicted octanol–water partition coefficient (Wildman–Crippen LogP) is 3.48. The average molecular weight is 227 g/mol. The summed E-state index contributed by atoms with van der Waals surface area (Å²) in [6, 6.07) is 8.31. The van der Waals surface area contributed by atoms with Crippen LogP contribution in [0.3, 0.4) is 0 Å². The van der Waals surface area contributed by atoms with Gasteiger partial charge in [0.25, 0.3) is 0 Å². The van der Waals surface area contributed by atoms with Crippen LogP contribution in [0, 0.1) is 6.92 Å². The largest absolute Gasteiger partial charge is 0.344 e. The molecule has 0 aliphatic rings. The quantitative estimate of drug-likeness (QED) is 0.581. The number of benzene rings is 1. The van der Waals surface area contributed by atoms with E-state index in [-0.39, 0.29) is 0 Å². The molecule has 0 aliphatic heterocycles. The molecule has 2 aromatic rings. The number of hydrogen-bond acceptors (Lipinski definition) is 1. The molecule has 0 radical (unpaired) electrons. The number of rotatable bonds is 3. The lowest BCUT2D eigenvalue weighted by atomic mass is 10.1. The molecule has 0 N–H and O–H groups in total. The van der Waals surface area contributed by atoms with Gasteiger partial charge in [0, 0.05) is 23.6 Å². The highest BCUT2D eigenvalue weighted by atomic mass is 16.1. The lowest BCUT2D eigenvalue weighted by Crippen LogP contribution is -1.93. The van der Waals surface area contributed by atoms with E-state index in [2.05, 4.69) is 23.6 Å². The number of hydrogen-bond donors (Lipinski definition) is 0. The lowest BCUT2D eigenvalue weighted by Gasteiger charge is -2.01. The maximum absolute atomic E-state index is 10.9. The minimum atomic E-state index is 0.768. The molecule has 1 heterocycles. The number of carbonyl (C=O) groups is 1. The van der Waals surface area contributed by atoms with Gasteiger partial charge in [0.05, 0.1) is 0 Å². The number of carbonyl (C=O) groups excluding carboxylic acids is 1. The maximum atomic E-state index is 10.9. The third-order valence-corrected chi connectivity index (χ3v) is 3.30. The van der Waals surface area contributed by atoms with Crippen LogP contribution >= 0.6 is 0 Å². The van der Waals surface area contributed by atoms with Crippen LogP contribution in [0.2, 0.25) is 0 Å². The van der Waals surface area contributed by atoms with Gasteiger partial charge >= 0.3 is 0 Å². The first-order valence-electron chi connectivity index (χ1n) is 5.88. The summed E-state index contributed by atoms with van der Waals surface area (Å²) in [5.41, 5.74) is 4.39. The van der Waals surface area contributed by atoms with Gasteiger partial charge in [-0.2, -0.15) is 0 Å². The van der Waals surface area contributed by atoms with Gasteiger partial charge in [-0.25, -0.2) is 0 Å². The summed E-state index contributed by atoms with van der Waals surface area (Å²) in [6.45, 7) is 4.10. The molecule has 0 fully saturated rings. The molecular weight excluding hydrogens is 210 g/mol. The molecular formula is C15H17NO. The Kier molecular flexibility index (Phi) is 3.14. The summed E-state index contributed by atoms with van der Waals surface area (Å²) in [5.74, 6) is 0. The van der Waals surface area contributed by atoms with Crippen molar-refractivity contribution in [3.8, 4) is 0 Å². The monoisotopic (exact) mass is 227 g/mol. The molecule has 88 valence electrons. The molecule has 1 aromatic carbocycles. The van der Waals surface area contributed by atoms with E-state index >= 15 is 0 Å². The summed E-state index contributed by atoms with van der Waals surface area (Å²) in [7, 11) is 2.04. The predicted molar refractivity (Wildman–Crippen MR) is 72.0 cm³/mol. The highest BCUT2D eigenvalue weighted by molar-refractivity contribution is 5.90. The second-order valence-corrected chi connectivity index (χ2v) is 4.28. The van der Waals surface area contributed by atoms with Gasteiger partial charge < -0.3 is 4.57 Å². The third kappa shape index (κ3) is 1.91. The van der Waals surface area contributed by atoms with Crippen LogP contribution in [-0.2, 0) is 11.8 Å². The second kappa shape index (κ2) is 4.58. The molecule has 2 heteroatoms. The van der Waals surface area contributed by atoms with Crippen molar-refractivity contribution in [2.75, 3.05) is 0 Å². The minimum absolute atomic E-state index is 0.768. The molecule has 2 nitrogen and oxygen atoms in total. The Balaban J connectivity index is 2.70. The van der Waals surface area contributed by atoms with Crippen LogP contribution in [-0.4, -0.2) is 10.9 Å². The van der Waals surface area contributed by atoms with E-state index in [9.17, 15) is 4.79 Å². The third-order valence-electron chi connectivity index (χ3n) is 3.30. The molecule has 0 amide bonds. The van der Waals surface area contributed by atoms with Gasteiger partial charge in [-0.15, -0.1) is 0 Å². The standard InChI is InChI=1S/C15H17NO/c1-4-12(10-17)9-15-11(2)13-7-5-6-8-14(13)16(15)3/h5-10H,4H2,1-3H3/b12-9-. The van der Waals surface area contributed by atoms with Crippen molar-refractivity contribution >= 4 is 23.3 Å². The van der Waals surface area contributed by atoms with Crippen molar-refractivity contribution in [1.29, 1.82) is 0 Å². The van der Waals surface area contributed by atoms with E-state index in [0.29, 0.717) is 0 Å². The normalized spacial score (nSPS) is 12.1. The first kappa shape index (κ1) is 11.6. The molecule has 2 rings (SSSR count). The van der Waals surface area contributed by atoms with Crippen LogP contribution in [0.1, 0.15) is 24.6 Å². The molecule has 0 spiro atoms. The number of allylic oxidation sites excluding steroid dienone is 1. The van der Waals surface area contributed by atoms with Crippen LogP contribution in [0.15, 0.2) is 29.8 Å². The zero-order valence-corrected chi connectivity index (χ0v) is 10.5. The highest BCUT2D eigenvalue weighted by Crippen LogP contribution is 2.26. The molecule has 17 heavy (non-hydrogen) atoms. The smallest absolute Gasteiger partial charge is 0.146 e. The van der Waals surface area contributed by atoms with Crippen LogP contribution in [0.4, 0.5) is 0 Å². The molecule has 0 unspecified atom stereocenters. The Labute approximate surface area is 102 Å². The summed E-state index contributed by atoms with van der Waals surface area (Å²) in [4.78, 5) is 10.9. The minimum Gasteiger partial charge on any atom is -0.344 e. The Hall–Kier alpha value is -1.83. The van der Waals surface area contributed by atoms with E-state index in [1.807, 2.05) is 32.2 Å². The number of aryl methyl sites for hydroxylation is 2. The van der Waals surface area contributed by atoms with Gasteiger partial charge in [-0.1, -0.05) is 25.1 Å². The van der Waals surface area contributed by atoms with E-state index in [0.717, 1.165) is 24.0 Å². The van der Waals surface area contributed by atoms with Gasteiger partial charge in [0.1, 0.15) is 6.29 Å². The number of aldehydes is 1. The van der Waals surface area contributed by atoms with Crippen LogP contribution in [0.5, 0.6) is 0 Å². The zero-order valence-electron chi connectivity index (χ0n) is 10.5. The fraction of sp³-hybridized carbons (Fsp3) is 0.267. The Morgan fingerprint density at radius 1 is 1.35 bits per heavy atom. The molecule has 0 bridgehead atoms. The van der Waals surface area contributed by atoms with Crippen LogP contribution in [0.25, 0.3) is 17.0 Å². The number of nitrogens with zero attached hydrogens (tertiary/aromatic N) is 1. The summed E-state index contributed by atoms with van der Waals surface area (Å²) in [6.07, 6.45) is 3.70. The van der Waals surface area contributed by atoms with Gasteiger partial charge in [-0.3, -0.25) is 4.79 Å². The van der Waals surface area contributed by atoms with E-state index in [1.54, 1.807) is 0 Å². The molecule has 1 aromatic heterocycles. The van der Waals surface area contributed by atoms with Crippen molar-refractivity contribution in [1.82, 2.24) is 4.57 Å². The van der Waals surface area contributed by atoms with Crippen molar-refractivity contribution in [2.45, 2.75) is 20.3 Å². The summed E-state index contributed by atoms with van der Waals surface area (Å²) < 4.78 is 2.14. The molecule has 0 saturated heterocycles. The van der Waals surface area contributed by atoms with Crippen molar-refractivity contribution in [3.63, 3.8) is 0 Å². The summed E-state index contributed by atoms with van der Waals surface area (Å²) >= 11 is 0. The number of fused-ring (bicyclic) bond motifs is 1. The average Bonchev–Trinajstić information content (AvgIpc) is 2.61. The summed E-state index contributed by atoms with van der Waals surface area (Å²) in [5, 5.41) is 1.25. The SMILES string of the molecule is CC/C(C=O)=C/c1c(C)c2ccccc2n1C. The maximum Gasteiger partial charge on any atom is 0.146 e. The zero-order chi connectivity index (χ0) is 12.4. The van der Waals surface area contributed by atoms with Gasteiger partial charge in [0.2, 0.25) is 0 Å². The van der Waals surface area contributed by atoms with E-state index in [4.69, 9.17) is 0 Å². The number of para-hydroxylation sites is 1. The Morgan fingerprint density at radius 3 is 2.65 bits per heavy atom. The topological polar surface area (TPSA) is 22.0 Å². The van der Waals surface area contributed by atoms with Crippen molar-refractivity contribution < 1.29 is 4.79 Å². The van der Waals surface area contributed by atoms with Gasteiger partial charge in [-0.05, 0) is 36.6 Å². The molecule has 0 atom stereocenters. The van der Waals surface area contributed by atoms with E-state index in [1.165, 1.54) is 16.5 Å². The van der Waals surface area contributed by atoms with Crippen molar-refractivity contribution in [2.24, 2.45) is 7.05 Å².